The Bertz CT molecular complexity index is 2890. The molecule has 0 saturated carbocycles. The molecule has 49 heavy (non-hydrogen) atoms. The minimum Gasteiger partial charge on any atom is -0.456 e. The van der Waals surface area contributed by atoms with Crippen LogP contribution in [-0.4, -0.2) is 15.0 Å². The summed E-state index contributed by atoms with van der Waals surface area (Å²) in [5.41, 5.74) is 6.65. The highest BCUT2D eigenvalue weighted by molar-refractivity contribution is 6.20. The van der Waals surface area contributed by atoms with Crippen LogP contribution in [-0.2, 0) is 0 Å². The van der Waals surface area contributed by atoms with Crippen molar-refractivity contribution in [2.45, 2.75) is 0 Å². The molecular formula is C45H27N3O. The first-order valence-electron chi connectivity index (χ1n) is 16.4. The molecule has 0 bridgehead atoms. The molecule has 0 N–H and O–H groups in total. The monoisotopic (exact) mass is 625 g/mol. The van der Waals surface area contributed by atoms with Gasteiger partial charge in [0.2, 0.25) is 0 Å². The zero-order valence-corrected chi connectivity index (χ0v) is 26.3. The molecule has 4 nitrogen and oxygen atoms in total. The van der Waals surface area contributed by atoms with E-state index in [0.29, 0.717) is 17.5 Å². The van der Waals surface area contributed by atoms with Crippen molar-refractivity contribution in [3.63, 3.8) is 0 Å². The van der Waals surface area contributed by atoms with E-state index >= 15 is 0 Å². The Balaban J connectivity index is 1.16. The first kappa shape index (κ1) is 27.5. The molecule has 8 aromatic carbocycles. The molecule has 0 aliphatic heterocycles. The number of rotatable bonds is 4. The van der Waals surface area contributed by atoms with E-state index in [2.05, 4.69) is 103 Å². The number of nitrogens with zero attached hydrogens (tertiary/aromatic N) is 3. The summed E-state index contributed by atoms with van der Waals surface area (Å²) in [4.78, 5) is 15.2. The van der Waals surface area contributed by atoms with E-state index in [1.165, 1.54) is 32.3 Å². The summed E-state index contributed by atoms with van der Waals surface area (Å²) in [6.45, 7) is 0. The average Bonchev–Trinajstić information content (AvgIpc) is 3.57. The van der Waals surface area contributed by atoms with Crippen molar-refractivity contribution in [2.24, 2.45) is 0 Å². The van der Waals surface area contributed by atoms with Crippen LogP contribution in [0.5, 0.6) is 0 Å². The SMILES string of the molecule is c1ccc(-c2nc(-c3cccc(-c4ccc5ccc6ccc7ccccc7c6c5c4)c3)nc(-c3cccc4oc5ccccc5c34)n2)cc1. The van der Waals surface area contributed by atoms with Gasteiger partial charge in [0.05, 0.1) is 0 Å². The lowest BCUT2D eigenvalue weighted by Crippen LogP contribution is -2.00. The van der Waals surface area contributed by atoms with Crippen LogP contribution in [0, 0.1) is 0 Å². The van der Waals surface area contributed by atoms with Crippen molar-refractivity contribution in [3.05, 3.63) is 164 Å². The second-order valence-corrected chi connectivity index (χ2v) is 12.4. The van der Waals surface area contributed by atoms with Gasteiger partial charge in [0.25, 0.3) is 0 Å². The van der Waals surface area contributed by atoms with E-state index in [0.717, 1.165) is 49.8 Å². The summed E-state index contributed by atoms with van der Waals surface area (Å²) < 4.78 is 6.22. The van der Waals surface area contributed by atoms with Crippen LogP contribution < -0.4 is 0 Å². The molecule has 0 fully saturated rings. The minimum atomic E-state index is 0.607. The Labute approximate surface area is 282 Å². The largest absolute Gasteiger partial charge is 0.456 e. The maximum absolute atomic E-state index is 6.22. The number of fused-ring (bicyclic) bond motifs is 8. The minimum absolute atomic E-state index is 0.607. The van der Waals surface area contributed by atoms with Crippen LogP contribution in [0.25, 0.3) is 99.5 Å². The summed E-state index contributed by atoms with van der Waals surface area (Å²) in [6.07, 6.45) is 0. The summed E-state index contributed by atoms with van der Waals surface area (Å²) in [7, 11) is 0. The van der Waals surface area contributed by atoms with Crippen LogP contribution in [0.4, 0.5) is 0 Å². The van der Waals surface area contributed by atoms with Gasteiger partial charge in [0.1, 0.15) is 11.2 Å². The third kappa shape index (κ3) is 4.57. The molecule has 0 saturated heterocycles. The Kier molecular flexibility index (Phi) is 6.15. The first-order chi connectivity index (χ1) is 24.3. The van der Waals surface area contributed by atoms with Crippen LogP contribution in [0.2, 0.25) is 0 Å². The Morgan fingerprint density at radius 2 is 0.918 bits per heavy atom. The van der Waals surface area contributed by atoms with E-state index in [1.807, 2.05) is 60.7 Å². The lowest BCUT2D eigenvalue weighted by atomic mass is 9.93. The predicted molar refractivity (Wildman–Crippen MR) is 201 cm³/mol. The van der Waals surface area contributed by atoms with Crippen molar-refractivity contribution in [1.29, 1.82) is 0 Å². The van der Waals surface area contributed by atoms with Crippen LogP contribution >= 0.6 is 0 Å². The number of hydrogen-bond acceptors (Lipinski definition) is 4. The number of furan rings is 1. The molecule has 0 spiro atoms. The van der Waals surface area contributed by atoms with Crippen molar-refractivity contribution >= 4 is 54.3 Å². The van der Waals surface area contributed by atoms with Gasteiger partial charge in [0, 0.05) is 27.5 Å². The Hall–Kier alpha value is -6.65. The highest BCUT2D eigenvalue weighted by atomic mass is 16.3. The zero-order chi connectivity index (χ0) is 32.3. The standard InChI is InChI=1S/C45H27N3O/c1-2-11-31(12-3-1)43-46-44(48-45(47-43)37-17-9-19-40-42(37)36-16-6-7-18-39(36)49-40)34-14-8-13-32(26-34)33-25-22-29-21-24-30-23-20-28-10-4-5-15-35(28)41(30)38(29)27-33/h1-27H. The molecule has 2 heterocycles. The zero-order valence-electron chi connectivity index (χ0n) is 26.3. The van der Waals surface area contributed by atoms with Crippen LogP contribution in [0.3, 0.4) is 0 Å². The van der Waals surface area contributed by atoms with Gasteiger partial charge in [-0.3, -0.25) is 0 Å². The maximum Gasteiger partial charge on any atom is 0.164 e. The fourth-order valence-corrected chi connectivity index (χ4v) is 7.15. The highest BCUT2D eigenvalue weighted by Crippen LogP contribution is 2.38. The third-order valence-electron chi connectivity index (χ3n) is 9.49. The predicted octanol–water partition coefficient (Wildman–Crippen LogP) is 11.9. The van der Waals surface area contributed by atoms with Crippen molar-refractivity contribution < 1.29 is 4.42 Å². The molecule has 0 amide bonds. The molecule has 4 heteroatoms. The number of para-hydroxylation sites is 1. The lowest BCUT2D eigenvalue weighted by Gasteiger charge is -2.12. The summed E-state index contributed by atoms with van der Waals surface area (Å²) in [5.74, 6) is 1.85. The Morgan fingerprint density at radius 3 is 1.80 bits per heavy atom. The summed E-state index contributed by atoms with van der Waals surface area (Å²) in [5, 5.41) is 9.53. The normalized spacial score (nSPS) is 11.7. The van der Waals surface area contributed by atoms with Gasteiger partial charge >= 0.3 is 0 Å². The lowest BCUT2D eigenvalue weighted by molar-refractivity contribution is 0.669. The van der Waals surface area contributed by atoms with Gasteiger partial charge in [-0.05, 0) is 67.7 Å². The van der Waals surface area contributed by atoms with Gasteiger partial charge in [-0.2, -0.15) is 0 Å². The van der Waals surface area contributed by atoms with Crippen molar-refractivity contribution in [3.8, 4) is 45.3 Å². The van der Waals surface area contributed by atoms with E-state index in [9.17, 15) is 0 Å². The van der Waals surface area contributed by atoms with Gasteiger partial charge in [-0.15, -0.1) is 0 Å². The van der Waals surface area contributed by atoms with Crippen molar-refractivity contribution in [2.75, 3.05) is 0 Å². The van der Waals surface area contributed by atoms with E-state index in [4.69, 9.17) is 19.4 Å². The van der Waals surface area contributed by atoms with Crippen LogP contribution in [0.15, 0.2) is 168 Å². The van der Waals surface area contributed by atoms with Crippen LogP contribution in [0.1, 0.15) is 0 Å². The molecular weight excluding hydrogens is 599 g/mol. The second kappa shape index (κ2) is 11.0. The molecule has 0 unspecified atom stereocenters. The molecule has 10 rings (SSSR count). The average molecular weight is 626 g/mol. The smallest absolute Gasteiger partial charge is 0.164 e. The fourth-order valence-electron chi connectivity index (χ4n) is 7.15. The topological polar surface area (TPSA) is 51.8 Å². The van der Waals surface area contributed by atoms with Gasteiger partial charge in [-0.1, -0.05) is 140 Å². The molecule has 0 aliphatic rings. The first-order valence-corrected chi connectivity index (χ1v) is 16.4. The number of benzene rings is 8. The van der Waals surface area contributed by atoms with E-state index < -0.39 is 0 Å². The van der Waals surface area contributed by atoms with E-state index in [1.54, 1.807) is 0 Å². The summed E-state index contributed by atoms with van der Waals surface area (Å²) in [6, 6.07) is 57.0. The van der Waals surface area contributed by atoms with Gasteiger partial charge < -0.3 is 4.42 Å². The van der Waals surface area contributed by atoms with E-state index in [-0.39, 0.29) is 0 Å². The molecule has 0 radical (unpaired) electrons. The fraction of sp³-hybridized carbons (Fsp3) is 0. The molecule has 228 valence electrons. The third-order valence-corrected chi connectivity index (χ3v) is 9.49. The van der Waals surface area contributed by atoms with Gasteiger partial charge in [-0.25, -0.2) is 15.0 Å². The van der Waals surface area contributed by atoms with Crippen molar-refractivity contribution in [1.82, 2.24) is 15.0 Å². The molecule has 10 aromatic rings. The summed E-state index contributed by atoms with van der Waals surface area (Å²) >= 11 is 0. The Morgan fingerprint density at radius 1 is 0.327 bits per heavy atom. The quantitative estimate of drug-likeness (QED) is 0.183. The van der Waals surface area contributed by atoms with Gasteiger partial charge in [0.15, 0.2) is 17.5 Å². The second-order valence-electron chi connectivity index (χ2n) is 12.4. The number of aromatic nitrogens is 3. The molecule has 0 aliphatic carbocycles. The highest BCUT2D eigenvalue weighted by Gasteiger charge is 2.18. The molecule has 0 atom stereocenters. The number of hydrogen-bond donors (Lipinski definition) is 0. The maximum atomic E-state index is 6.22. The molecule has 2 aromatic heterocycles.